The maximum absolute atomic E-state index is 11.9. The molecule has 0 heterocycles. The highest BCUT2D eigenvalue weighted by molar-refractivity contribution is 5.92. The summed E-state index contributed by atoms with van der Waals surface area (Å²) in [5, 5.41) is 14.2. The fraction of sp³-hybridized carbons (Fsp3) is 0.467. The van der Waals surface area contributed by atoms with E-state index in [0.29, 0.717) is 12.1 Å². The Morgan fingerprint density at radius 3 is 2.48 bits per heavy atom. The molecule has 6 nitrogen and oxygen atoms in total. The van der Waals surface area contributed by atoms with Gasteiger partial charge in [-0.2, -0.15) is 0 Å². The van der Waals surface area contributed by atoms with E-state index in [-0.39, 0.29) is 5.92 Å². The predicted molar refractivity (Wildman–Crippen MR) is 83.8 cm³/mol. The van der Waals surface area contributed by atoms with Crippen molar-refractivity contribution in [2.45, 2.75) is 26.3 Å². The van der Waals surface area contributed by atoms with Gasteiger partial charge in [0.15, 0.2) is 0 Å². The van der Waals surface area contributed by atoms with Crippen molar-refractivity contribution in [2.75, 3.05) is 24.3 Å². The van der Waals surface area contributed by atoms with E-state index in [1.807, 2.05) is 51.0 Å². The summed E-state index contributed by atoms with van der Waals surface area (Å²) in [7, 11) is 3.81. The molecule has 0 saturated carbocycles. The SMILES string of the molecule is CC(C)CC(NC(=O)Nc1cccc(N(C)C)c1)C(=O)O. The molecular formula is C15H23N3O3. The third-order valence-corrected chi connectivity index (χ3v) is 2.93. The van der Waals surface area contributed by atoms with Gasteiger partial charge in [0.05, 0.1) is 0 Å². The number of urea groups is 1. The number of amides is 2. The van der Waals surface area contributed by atoms with Gasteiger partial charge in [-0.3, -0.25) is 0 Å². The largest absolute Gasteiger partial charge is 0.480 e. The van der Waals surface area contributed by atoms with Crippen molar-refractivity contribution >= 4 is 23.4 Å². The molecule has 1 unspecified atom stereocenters. The summed E-state index contributed by atoms with van der Waals surface area (Å²) in [6, 6.07) is 5.92. The molecular weight excluding hydrogens is 270 g/mol. The van der Waals surface area contributed by atoms with Gasteiger partial charge in [-0.05, 0) is 30.5 Å². The van der Waals surface area contributed by atoms with Crippen molar-refractivity contribution in [3.63, 3.8) is 0 Å². The van der Waals surface area contributed by atoms with Crippen molar-refractivity contribution < 1.29 is 14.7 Å². The molecule has 0 aromatic heterocycles. The Kier molecular flexibility index (Phi) is 6.02. The number of carbonyl (C=O) groups excluding carboxylic acids is 1. The average Bonchev–Trinajstić information content (AvgIpc) is 2.37. The molecule has 116 valence electrons. The Labute approximate surface area is 125 Å². The number of rotatable bonds is 6. The standard InChI is InChI=1S/C15H23N3O3/c1-10(2)8-13(14(19)20)17-15(21)16-11-6-5-7-12(9-11)18(3)4/h5-7,9-10,13H,8H2,1-4H3,(H,19,20)(H2,16,17,21). The number of carboxylic acids is 1. The Hall–Kier alpha value is -2.24. The summed E-state index contributed by atoms with van der Waals surface area (Å²) < 4.78 is 0. The van der Waals surface area contributed by atoms with Gasteiger partial charge in [0.2, 0.25) is 0 Å². The topological polar surface area (TPSA) is 81.7 Å². The Bertz CT molecular complexity index is 501. The maximum Gasteiger partial charge on any atom is 0.326 e. The van der Waals surface area contributed by atoms with Crippen LogP contribution in [0.4, 0.5) is 16.2 Å². The quantitative estimate of drug-likeness (QED) is 0.752. The van der Waals surface area contributed by atoms with Crippen LogP contribution in [-0.4, -0.2) is 37.2 Å². The minimum atomic E-state index is -1.03. The summed E-state index contributed by atoms with van der Waals surface area (Å²) in [5.41, 5.74) is 1.57. The highest BCUT2D eigenvalue weighted by atomic mass is 16.4. The molecule has 2 amide bonds. The number of carboxylic acid groups (broad SMARTS) is 1. The number of nitrogens with one attached hydrogen (secondary N) is 2. The van der Waals surface area contributed by atoms with Crippen LogP contribution in [0.1, 0.15) is 20.3 Å². The van der Waals surface area contributed by atoms with E-state index in [9.17, 15) is 9.59 Å². The van der Waals surface area contributed by atoms with Crippen molar-refractivity contribution in [1.82, 2.24) is 5.32 Å². The number of carbonyl (C=O) groups is 2. The molecule has 3 N–H and O–H groups in total. The van der Waals surface area contributed by atoms with Gasteiger partial charge in [0.1, 0.15) is 6.04 Å². The lowest BCUT2D eigenvalue weighted by Crippen LogP contribution is -2.43. The van der Waals surface area contributed by atoms with Crippen LogP contribution in [0.5, 0.6) is 0 Å². The number of aliphatic carboxylic acids is 1. The van der Waals surface area contributed by atoms with Gasteiger partial charge in [0.25, 0.3) is 0 Å². The Morgan fingerprint density at radius 1 is 1.29 bits per heavy atom. The minimum absolute atomic E-state index is 0.184. The van der Waals surface area contributed by atoms with Crippen molar-refractivity contribution in [1.29, 1.82) is 0 Å². The summed E-state index contributed by atoms with van der Waals surface area (Å²) in [6.07, 6.45) is 0.389. The van der Waals surface area contributed by atoms with Crippen LogP contribution in [0.25, 0.3) is 0 Å². The van der Waals surface area contributed by atoms with Gasteiger partial charge >= 0.3 is 12.0 Å². The zero-order chi connectivity index (χ0) is 16.0. The first-order valence-electron chi connectivity index (χ1n) is 6.87. The second-order valence-electron chi connectivity index (χ2n) is 5.56. The van der Waals surface area contributed by atoms with Crippen molar-refractivity contribution in [3.05, 3.63) is 24.3 Å². The molecule has 1 atom stereocenters. The fourth-order valence-corrected chi connectivity index (χ4v) is 1.88. The first-order valence-corrected chi connectivity index (χ1v) is 6.87. The van der Waals surface area contributed by atoms with Gasteiger partial charge in [-0.15, -0.1) is 0 Å². The maximum atomic E-state index is 11.9. The van der Waals surface area contributed by atoms with Gasteiger partial charge in [0, 0.05) is 25.5 Å². The molecule has 0 saturated heterocycles. The van der Waals surface area contributed by atoms with Crippen LogP contribution < -0.4 is 15.5 Å². The number of benzene rings is 1. The summed E-state index contributed by atoms with van der Waals surface area (Å²) in [4.78, 5) is 24.9. The van der Waals surface area contributed by atoms with E-state index in [2.05, 4.69) is 10.6 Å². The molecule has 1 rings (SSSR count). The van der Waals surface area contributed by atoms with E-state index >= 15 is 0 Å². The van der Waals surface area contributed by atoms with Crippen LogP contribution >= 0.6 is 0 Å². The number of hydrogen-bond donors (Lipinski definition) is 3. The first kappa shape index (κ1) is 16.8. The smallest absolute Gasteiger partial charge is 0.326 e. The van der Waals surface area contributed by atoms with Crippen molar-refractivity contribution in [3.8, 4) is 0 Å². The number of anilines is 2. The van der Waals surface area contributed by atoms with Crippen LogP contribution in [0.15, 0.2) is 24.3 Å². The van der Waals surface area contributed by atoms with E-state index in [1.165, 1.54) is 0 Å². The molecule has 0 bridgehead atoms. The van der Waals surface area contributed by atoms with Crippen LogP contribution in [0.3, 0.4) is 0 Å². The second kappa shape index (κ2) is 7.52. The lowest BCUT2D eigenvalue weighted by Gasteiger charge is -2.18. The van der Waals surface area contributed by atoms with Crippen LogP contribution in [-0.2, 0) is 4.79 Å². The fourth-order valence-electron chi connectivity index (χ4n) is 1.88. The number of hydrogen-bond acceptors (Lipinski definition) is 3. The van der Waals surface area contributed by atoms with Gasteiger partial charge in [-0.25, -0.2) is 9.59 Å². The zero-order valence-corrected chi connectivity index (χ0v) is 12.9. The average molecular weight is 293 g/mol. The molecule has 0 aliphatic rings. The molecule has 1 aromatic rings. The van der Waals surface area contributed by atoms with Gasteiger partial charge in [-0.1, -0.05) is 19.9 Å². The van der Waals surface area contributed by atoms with Crippen LogP contribution in [0.2, 0.25) is 0 Å². The summed E-state index contributed by atoms with van der Waals surface area (Å²) in [6.45, 7) is 3.83. The molecule has 0 aliphatic heterocycles. The van der Waals surface area contributed by atoms with E-state index < -0.39 is 18.0 Å². The highest BCUT2D eigenvalue weighted by Gasteiger charge is 2.21. The van der Waals surface area contributed by atoms with E-state index in [4.69, 9.17) is 5.11 Å². The molecule has 21 heavy (non-hydrogen) atoms. The molecule has 0 aliphatic carbocycles. The van der Waals surface area contributed by atoms with E-state index in [0.717, 1.165) is 5.69 Å². The second-order valence-corrected chi connectivity index (χ2v) is 5.56. The molecule has 1 aromatic carbocycles. The molecule has 0 radical (unpaired) electrons. The summed E-state index contributed by atoms with van der Waals surface area (Å²) >= 11 is 0. The lowest BCUT2D eigenvalue weighted by atomic mass is 10.0. The highest BCUT2D eigenvalue weighted by Crippen LogP contribution is 2.17. The third-order valence-electron chi connectivity index (χ3n) is 2.93. The van der Waals surface area contributed by atoms with E-state index in [1.54, 1.807) is 6.07 Å². The number of nitrogens with zero attached hydrogens (tertiary/aromatic N) is 1. The zero-order valence-electron chi connectivity index (χ0n) is 12.9. The Balaban J connectivity index is 2.67. The molecule has 0 fully saturated rings. The normalized spacial score (nSPS) is 11.9. The monoisotopic (exact) mass is 293 g/mol. The van der Waals surface area contributed by atoms with Gasteiger partial charge < -0.3 is 20.6 Å². The minimum Gasteiger partial charge on any atom is -0.480 e. The summed E-state index contributed by atoms with van der Waals surface area (Å²) in [5.74, 6) is -0.843. The molecule has 0 spiro atoms. The predicted octanol–water partition coefficient (Wildman–Crippen LogP) is 2.37. The lowest BCUT2D eigenvalue weighted by molar-refractivity contribution is -0.139. The van der Waals surface area contributed by atoms with Crippen LogP contribution in [0, 0.1) is 5.92 Å². The third kappa shape index (κ3) is 5.72. The van der Waals surface area contributed by atoms with Crippen molar-refractivity contribution in [2.24, 2.45) is 5.92 Å². The molecule has 6 heteroatoms. The first-order chi connectivity index (χ1) is 9.79. The Morgan fingerprint density at radius 2 is 1.95 bits per heavy atom.